The van der Waals surface area contributed by atoms with Crippen LogP contribution < -0.4 is 9.64 Å². The van der Waals surface area contributed by atoms with Crippen molar-refractivity contribution in [2.75, 3.05) is 38.2 Å². The summed E-state index contributed by atoms with van der Waals surface area (Å²) in [6.45, 7) is 9.04. The van der Waals surface area contributed by atoms with E-state index in [2.05, 4.69) is 31.7 Å². The van der Waals surface area contributed by atoms with E-state index in [1.165, 1.54) is 5.69 Å². The first kappa shape index (κ1) is 14.8. The SMILES string of the molecule is COc1ccc(N2CCN(Cc3nc(C)[nH]c3C)CC2)nc1. The molecule has 1 aliphatic heterocycles. The first-order chi connectivity index (χ1) is 10.7. The third-order valence-electron chi connectivity index (χ3n) is 4.13. The monoisotopic (exact) mass is 301 g/mol. The van der Waals surface area contributed by atoms with Crippen molar-refractivity contribution in [1.82, 2.24) is 19.9 Å². The lowest BCUT2D eigenvalue weighted by Gasteiger charge is -2.35. The summed E-state index contributed by atoms with van der Waals surface area (Å²) < 4.78 is 5.15. The van der Waals surface area contributed by atoms with Crippen molar-refractivity contribution in [3.05, 3.63) is 35.5 Å². The quantitative estimate of drug-likeness (QED) is 0.932. The van der Waals surface area contributed by atoms with Gasteiger partial charge in [0, 0.05) is 38.4 Å². The molecule has 3 rings (SSSR count). The highest BCUT2D eigenvalue weighted by molar-refractivity contribution is 5.41. The van der Waals surface area contributed by atoms with Gasteiger partial charge in [0.15, 0.2) is 0 Å². The molecule has 2 aromatic rings. The van der Waals surface area contributed by atoms with Gasteiger partial charge in [-0.1, -0.05) is 0 Å². The number of nitrogens with one attached hydrogen (secondary N) is 1. The number of nitrogens with zero attached hydrogens (tertiary/aromatic N) is 4. The molecule has 0 bridgehead atoms. The van der Waals surface area contributed by atoms with Crippen LogP contribution in [0, 0.1) is 13.8 Å². The van der Waals surface area contributed by atoms with E-state index in [4.69, 9.17) is 4.74 Å². The number of ether oxygens (including phenoxy) is 1. The number of imidazole rings is 1. The van der Waals surface area contributed by atoms with Crippen molar-refractivity contribution >= 4 is 5.82 Å². The van der Waals surface area contributed by atoms with E-state index >= 15 is 0 Å². The highest BCUT2D eigenvalue weighted by atomic mass is 16.5. The predicted octanol–water partition coefficient (Wildman–Crippen LogP) is 1.75. The molecule has 6 nitrogen and oxygen atoms in total. The molecule has 1 N–H and O–H groups in total. The highest BCUT2D eigenvalue weighted by Crippen LogP contribution is 2.18. The molecule has 118 valence electrons. The minimum Gasteiger partial charge on any atom is -0.495 e. The number of hydrogen-bond donors (Lipinski definition) is 1. The lowest BCUT2D eigenvalue weighted by atomic mass is 10.2. The van der Waals surface area contributed by atoms with Gasteiger partial charge in [-0.25, -0.2) is 9.97 Å². The Kier molecular flexibility index (Phi) is 4.29. The molecular weight excluding hydrogens is 278 g/mol. The number of hydrogen-bond acceptors (Lipinski definition) is 5. The van der Waals surface area contributed by atoms with Gasteiger partial charge in [0.25, 0.3) is 0 Å². The van der Waals surface area contributed by atoms with Gasteiger partial charge < -0.3 is 14.6 Å². The number of H-pyrrole nitrogens is 1. The van der Waals surface area contributed by atoms with Gasteiger partial charge >= 0.3 is 0 Å². The highest BCUT2D eigenvalue weighted by Gasteiger charge is 2.19. The molecule has 1 fully saturated rings. The van der Waals surface area contributed by atoms with Crippen LogP contribution in [0.15, 0.2) is 18.3 Å². The van der Waals surface area contributed by atoms with Crippen LogP contribution in [0.25, 0.3) is 0 Å². The van der Waals surface area contributed by atoms with E-state index in [-0.39, 0.29) is 0 Å². The van der Waals surface area contributed by atoms with E-state index in [1.807, 2.05) is 19.1 Å². The fraction of sp³-hybridized carbons (Fsp3) is 0.500. The maximum Gasteiger partial charge on any atom is 0.137 e. The predicted molar refractivity (Wildman–Crippen MR) is 86.3 cm³/mol. The maximum atomic E-state index is 5.15. The molecule has 22 heavy (non-hydrogen) atoms. The second kappa shape index (κ2) is 6.36. The van der Waals surface area contributed by atoms with Crippen LogP contribution >= 0.6 is 0 Å². The second-order valence-electron chi connectivity index (χ2n) is 5.71. The van der Waals surface area contributed by atoms with Crippen LogP contribution in [-0.2, 0) is 6.54 Å². The Balaban J connectivity index is 1.56. The average molecular weight is 301 g/mol. The second-order valence-corrected chi connectivity index (χ2v) is 5.71. The van der Waals surface area contributed by atoms with Crippen LogP contribution in [0.3, 0.4) is 0 Å². The number of piperazine rings is 1. The molecule has 0 radical (unpaired) electrons. The number of aromatic amines is 1. The molecule has 0 aliphatic carbocycles. The zero-order valence-electron chi connectivity index (χ0n) is 13.5. The molecule has 0 atom stereocenters. The molecule has 0 saturated carbocycles. The molecular formula is C16H23N5O. The summed E-state index contributed by atoms with van der Waals surface area (Å²) in [6.07, 6.45) is 1.78. The first-order valence-corrected chi connectivity index (χ1v) is 7.65. The molecule has 1 saturated heterocycles. The molecule has 0 unspecified atom stereocenters. The minimum atomic E-state index is 0.798. The van der Waals surface area contributed by atoms with Crippen LogP contribution in [-0.4, -0.2) is 53.1 Å². The molecule has 0 aromatic carbocycles. The number of aromatic nitrogens is 3. The fourth-order valence-corrected chi connectivity index (χ4v) is 2.84. The van der Waals surface area contributed by atoms with Crippen molar-refractivity contribution < 1.29 is 4.74 Å². The normalized spacial score (nSPS) is 16.0. The zero-order valence-corrected chi connectivity index (χ0v) is 13.5. The van der Waals surface area contributed by atoms with Crippen molar-refractivity contribution in [3.8, 4) is 5.75 Å². The van der Waals surface area contributed by atoms with Crippen molar-refractivity contribution in [2.24, 2.45) is 0 Å². The van der Waals surface area contributed by atoms with Crippen LogP contribution in [0.5, 0.6) is 5.75 Å². The molecule has 3 heterocycles. The van der Waals surface area contributed by atoms with E-state index in [1.54, 1.807) is 13.3 Å². The number of rotatable bonds is 4. The lowest BCUT2D eigenvalue weighted by molar-refractivity contribution is 0.246. The molecule has 6 heteroatoms. The number of methoxy groups -OCH3 is 1. The summed E-state index contributed by atoms with van der Waals surface area (Å²) in [6, 6.07) is 3.99. The summed E-state index contributed by atoms with van der Waals surface area (Å²) >= 11 is 0. The first-order valence-electron chi connectivity index (χ1n) is 7.65. The van der Waals surface area contributed by atoms with Crippen LogP contribution in [0.1, 0.15) is 17.2 Å². The fourth-order valence-electron chi connectivity index (χ4n) is 2.84. The molecule has 2 aromatic heterocycles. The third kappa shape index (κ3) is 3.22. The molecule has 0 amide bonds. The lowest BCUT2D eigenvalue weighted by Crippen LogP contribution is -2.46. The maximum absolute atomic E-state index is 5.15. The van der Waals surface area contributed by atoms with Crippen molar-refractivity contribution in [1.29, 1.82) is 0 Å². The minimum absolute atomic E-state index is 0.798. The standard InChI is InChI=1S/C16H23N5O/c1-12-15(19-13(2)18-12)11-20-6-8-21(9-7-20)16-5-4-14(22-3)10-17-16/h4-5,10H,6-9,11H2,1-3H3,(H,18,19). The number of anilines is 1. The number of aryl methyl sites for hydroxylation is 2. The van der Waals surface area contributed by atoms with Crippen LogP contribution in [0.2, 0.25) is 0 Å². The van der Waals surface area contributed by atoms with Gasteiger partial charge in [0.1, 0.15) is 17.4 Å². The van der Waals surface area contributed by atoms with Crippen molar-refractivity contribution in [3.63, 3.8) is 0 Å². The van der Waals surface area contributed by atoms with E-state index in [0.29, 0.717) is 0 Å². The Hall–Kier alpha value is -2.08. The smallest absolute Gasteiger partial charge is 0.137 e. The Morgan fingerprint density at radius 1 is 1.18 bits per heavy atom. The van der Waals surface area contributed by atoms with Gasteiger partial charge in [0.05, 0.1) is 19.0 Å². The summed E-state index contributed by atoms with van der Waals surface area (Å²) in [5.41, 5.74) is 2.34. The Bertz CT molecular complexity index is 614. The average Bonchev–Trinajstić information content (AvgIpc) is 2.86. The Morgan fingerprint density at radius 2 is 1.95 bits per heavy atom. The van der Waals surface area contributed by atoms with Gasteiger partial charge in [-0.2, -0.15) is 0 Å². The van der Waals surface area contributed by atoms with Gasteiger partial charge in [0.2, 0.25) is 0 Å². The largest absolute Gasteiger partial charge is 0.495 e. The van der Waals surface area contributed by atoms with Gasteiger partial charge in [-0.05, 0) is 26.0 Å². The van der Waals surface area contributed by atoms with Crippen LogP contribution in [0.4, 0.5) is 5.82 Å². The summed E-state index contributed by atoms with van der Waals surface area (Å²) in [5, 5.41) is 0. The van der Waals surface area contributed by atoms with E-state index < -0.39 is 0 Å². The Morgan fingerprint density at radius 3 is 2.50 bits per heavy atom. The zero-order chi connectivity index (χ0) is 15.5. The van der Waals surface area contributed by atoms with Gasteiger partial charge in [-0.15, -0.1) is 0 Å². The molecule has 0 spiro atoms. The van der Waals surface area contributed by atoms with Gasteiger partial charge in [-0.3, -0.25) is 4.90 Å². The van der Waals surface area contributed by atoms with E-state index in [0.717, 1.165) is 55.8 Å². The Labute approximate surface area is 131 Å². The summed E-state index contributed by atoms with van der Waals surface area (Å²) in [5.74, 6) is 2.81. The third-order valence-corrected chi connectivity index (χ3v) is 4.13. The summed E-state index contributed by atoms with van der Waals surface area (Å²) in [4.78, 5) is 17.1. The van der Waals surface area contributed by atoms with Crippen molar-refractivity contribution in [2.45, 2.75) is 20.4 Å². The summed E-state index contributed by atoms with van der Waals surface area (Å²) in [7, 11) is 1.66. The number of pyridine rings is 1. The molecule has 1 aliphatic rings. The topological polar surface area (TPSA) is 57.3 Å². The van der Waals surface area contributed by atoms with E-state index in [9.17, 15) is 0 Å².